The van der Waals surface area contributed by atoms with E-state index in [4.69, 9.17) is 16.3 Å². The highest BCUT2D eigenvalue weighted by Gasteiger charge is 2.74. The van der Waals surface area contributed by atoms with Gasteiger partial charge in [0.15, 0.2) is 0 Å². The molecule has 0 unspecified atom stereocenters. The molecule has 1 aliphatic carbocycles. The minimum atomic E-state index is -2.22. The van der Waals surface area contributed by atoms with Crippen LogP contribution >= 0.6 is 11.6 Å². The van der Waals surface area contributed by atoms with Crippen LogP contribution < -0.4 is 4.90 Å². The number of rotatable bonds is 3. The molecule has 0 bridgehead atoms. The van der Waals surface area contributed by atoms with Crippen LogP contribution in [0.2, 0.25) is 5.02 Å². The molecule has 0 aromatic heterocycles. The normalized spacial score (nSPS) is 23.9. The molecule has 1 spiro atoms. The minimum Gasteiger partial charge on any atom is -0.349 e. The lowest BCUT2D eigenvalue weighted by atomic mass is 9.77. The fourth-order valence-corrected chi connectivity index (χ4v) is 5.73. The fourth-order valence-electron chi connectivity index (χ4n) is 5.48. The summed E-state index contributed by atoms with van der Waals surface area (Å²) < 4.78 is 6.19. The molecular formula is C26H15ClN2O7. The smallest absolute Gasteiger partial charge is 0.269 e. The number of carbonyl (C=O) groups is 4. The Labute approximate surface area is 208 Å². The number of ketones is 2. The Morgan fingerprint density at radius 1 is 0.833 bits per heavy atom. The van der Waals surface area contributed by atoms with Crippen molar-refractivity contribution in [2.75, 3.05) is 4.90 Å². The van der Waals surface area contributed by atoms with Crippen molar-refractivity contribution in [1.29, 1.82) is 0 Å². The van der Waals surface area contributed by atoms with Gasteiger partial charge in [-0.2, -0.15) is 0 Å². The lowest BCUT2D eigenvalue weighted by Gasteiger charge is -2.27. The molecule has 10 heteroatoms. The second-order valence-electron chi connectivity index (χ2n) is 8.79. The molecule has 36 heavy (non-hydrogen) atoms. The average Bonchev–Trinajstić information content (AvgIpc) is 3.44. The first kappa shape index (κ1) is 22.3. The van der Waals surface area contributed by atoms with E-state index in [1.165, 1.54) is 36.4 Å². The summed E-state index contributed by atoms with van der Waals surface area (Å²) in [6.45, 7) is 0. The summed E-state index contributed by atoms with van der Waals surface area (Å²) in [5.41, 5.74) is -1.74. The largest absolute Gasteiger partial charge is 0.349 e. The number of carbonyl (C=O) groups excluding carboxylic acids is 4. The minimum absolute atomic E-state index is 0.0912. The maximum Gasteiger partial charge on any atom is 0.269 e. The van der Waals surface area contributed by atoms with Crippen molar-refractivity contribution in [2.45, 2.75) is 11.7 Å². The molecule has 0 radical (unpaired) electrons. The zero-order chi connectivity index (χ0) is 25.4. The Hall–Kier alpha value is -4.21. The topological polar surface area (TPSA) is 124 Å². The van der Waals surface area contributed by atoms with Gasteiger partial charge in [-0.1, -0.05) is 54.1 Å². The number of hydrogen-bond acceptors (Lipinski definition) is 7. The van der Waals surface area contributed by atoms with Crippen LogP contribution in [-0.4, -0.2) is 33.9 Å². The summed E-state index contributed by atoms with van der Waals surface area (Å²) in [5.74, 6) is -5.48. The average molecular weight is 503 g/mol. The van der Waals surface area contributed by atoms with Crippen LogP contribution in [0.5, 0.6) is 0 Å². The van der Waals surface area contributed by atoms with Crippen LogP contribution in [0.25, 0.3) is 0 Å². The Bertz CT molecular complexity index is 1480. The number of Topliss-reactive ketones (excluding diaryl/α,β-unsaturated/α-hetero) is 2. The molecule has 2 saturated heterocycles. The van der Waals surface area contributed by atoms with Crippen LogP contribution in [0.3, 0.4) is 0 Å². The Morgan fingerprint density at radius 3 is 2.00 bits per heavy atom. The molecule has 2 fully saturated rings. The van der Waals surface area contributed by atoms with Gasteiger partial charge in [0.1, 0.15) is 0 Å². The van der Waals surface area contributed by atoms with E-state index >= 15 is 0 Å². The highest BCUT2D eigenvalue weighted by molar-refractivity contribution is 6.37. The van der Waals surface area contributed by atoms with Gasteiger partial charge in [-0.15, -0.1) is 0 Å². The summed E-state index contributed by atoms with van der Waals surface area (Å²) >= 11 is 6.41. The number of nitro groups is 1. The van der Waals surface area contributed by atoms with Gasteiger partial charge in [-0.05, 0) is 18.2 Å². The first-order valence-corrected chi connectivity index (χ1v) is 11.4. The van der Waals surface area contributed by atoms with E-state index in [1.54, 1.807) is 36.4 Å². The van der Waals surface area contributed by atoms with Crippen molar-refractivity contribution >= 4 is 46.4 Å². The predicted molar refractivity (Wildman–Crippen MR) is 126 cm³/mol. The second-order valence-corrected chi connectivity index (χ2v) is 9.20. The monoisotopic (exact) mass is 502 g/mol. The molecule has 3 aliphatic rings. The number of nitro benzene ring substituents is 1. The maximum atomic E-state index is 13.8. The Balaban J connectivity index is 1.53. The standard InChI is InChI=1S/C26H15ClN2O7/c27-18-8-4-3-7-17(18)21-19-20(26(36-21)22(30)15-5-1-2-6-16(15)23(26)31)25(33)28(24(19)32)13-9-11-14(12-10-13)29(34)35/h1-12,19-21H/t19-,20+,21-/m1/s1. The highest BCUT2D eigenvalue weighted by atomic mass is 35.5. The zero-order valence-corrected chi connectivity index (χ0v) is 19.0. The van der Waals surface area contributed by atoms with Gasteiger partial charge < -0.3 is 4.74 Å². The van der Waals surface area contributed by atoms with Gasteiger partial charge >= 0.3 is 0 Å². The molecule has 3 atom stereocenters. The number of ether oxygens (including phenoxy) is 1. The number of hydrogen-bond donors (Lipinski definition) is 0. The summed E-state index contributed by atoms with van der Waals surface area (Å²) in [7, 11) is 0. The number of benzene rings is 3. The van der Waals surface area contributed by atoms with Crippen LogP contribution in [0.15, 0.2) is 72.8 Å². The van der Waals surface area contributed by atoms with Crippen molar-refractivity contribution in [1.82, 2.24) is 0 Å². The van der Waals surface area contributed by atoms with Crippen LogP contribution in [0.1, 0.15) is 32.4 Å². The first-order valence-electron chi connectivity index (χ1n) is 11.0. The third-order valence-corrected chi connectivity index (χ3v) is 7.39. The fraction of sp³-hybridized carbons (Fsp3) is 0.154. The number of fused-ring (bicyclic) bond motifs is 3. The molecular weight excluding hydrogens is 488 g/mol. The number of non-ortho nitro benzene ring substituents is 1. The van der Waals surface area contributed by atoms with Gasteiger partial charge in [-0.25, -0.2) is 4.90 Å². The van der Waals surface area contributed by atoms with Crippen molar-refractivity contribution in [2.24, 2.45) is 11.8 Å². The molecule has 3 aromatic rings. The molecule has 2 aliphatic heterocycles. The molecule has 2 heterocycles. The van der Waals surface area contributed by atoms with Gasteiger partial charge in [0.2, 0.25) is 29.0 Å². The van der Waals surface area contributed by atoms with Crippen molar-refractivity contribution in [3.63, 3.8) is 0 Å². The lowest BCUT2D eigenvalue weighted by Crippen LogP contribution is -2.51. The van der Waals surface area contributed by atoms with E-state index in [9.17, 15) is 29.3 Å². The van der Waals surface area contributed by atoms with Gasteiger partial charge in [-0.3, -0.25) is 29.3 Å². The highest BCUT2D eigenvalue weighted by Crippen LogP contribution is 2.58. The number of imide groups is 1. The van der Waals surface area contributed by atoms with Gasteiger partial charge in [0.25, 0.3) is 5.69 Å². The number of anilines is 1. The number of halogens is 1. The predicted octanol–water partition coefficient (Wildman–Crippen LogP) is 3.94. The van der Waals surface area contributed by atoms with E-state index in [-0.39, 0.29) is 27.5 Å². The van der Waals surface area contributed by atoms with Gasteiger partial charge in [0.05, 0.1) is 28.6 Å². The van der Waals surface area contributed by atoms with E-state index < -0.39 is 51.8 Å². The number of amides is 2. The number of nitrogens with zero attached hydrogens (tertiary/aromatic N) is 2. The Kier molecular flexibility index (Phi) is 4.73. The molecule has 6 rings (SSSR count). The molecule has 178 valence electrons. The zero-order valence-electron chi connectivity index (χ0n) is 18.3. The molecule has 2 amide bonds. The summed E-state index contributed by atoms with van der Waals surface area (Å²) in [6, 6.07) is 17.6. The van der Waals surface area contributed by atoms with Crippen LogP contribution in [0, 0.1) is 22.0 Å². The molecule has 0 N–H and O–H groups in total. The molecule has 0 saturated carbocycles. The third kappa shape index (κ3) is 2.75. The van der Waals surface area contributed by atoms with Crippen molar-refractivity contribution < 1.29 is 28.8 Å². The van der Waals surface area contributed by atoms with E-state index in [0.29, 0.717) is 5.56 Å². The van der Waals surface area contributed by atoms with Crippen LogP contribution in [0.4, 0.5) is 11.4 Å². The van der Waals surface area contributed by atoms with Crippen LogP contribution in [-0.2, 0) is 14.3 Å². The van der Waals surface area contributed by atoms with Crippen molar-refractivity contribution in [3.8, 4) is 0 Å². The van der Waals surface area contributed by atoms with Crippen molar-refractivity contribution in [3.05, 3.63) is 105 Å². The quantitative estimate of drug-likeness (QED) is 0.230. The summed E-state index contributed by atoms with van der Waals surface area (Å²) in [5, 5.41) is 11.3. The van der Waals surface area contributed by atoms with E-state index in [0.717, 1.165) is 4.90 Å². The summed E-state index contributed by atoms with van der Waals surface area (Å²) in [4.78, 5) is 66.4. The third-order valence-electron chi connectivity index (χ3n) is 7.05. The second kappa shape index (κ2) is 7.64. The maximum absolute atomic E-state index is 13.8. The molecule has 9 nitrogen and oxygen atoms in total. The van der Waals surface area contributed by atoms with E-state index in [1.807, 2.05) is 0 Å². The first-order chi connectivity index (χ1) is 17.3. The summed E-state index contributed by atoms with van der Waals surface area (Å²) in [6.07, 6.45) is -1.15. The van der Waals surface area contributed by atoms with E-state index in [2.05, 4.69) is 0 Å². The lowest BCUT2D eigenvalue weighted by molar-refractivity contribution is -0.384. The SMILES string of the molecule is O=C1[C@H]2[C@@H](c3ccccc3Cl)OC3(C(=O)c4ccccc4C3=O)[C@@H]2C(=O)N1c1ccc([N+](=O)[O-])cc1. The molecule has 3 aromatic carbocycles. The Morgan fingerprint density at radius 2 is 1.42 bits per heavy atom. The van der Waals surface area contributed by atoms with Gasteiger partial charge in [0, 0.05) is 33.8 Å².